The van der Waals surface area contributed by atoms with Crippen molar-refractivity contribution in [1.29, 1.82) is 0 Å². The molecular weight excluding hydrogens is 392 g/mol. The summed E-state index contributed by atoms with van der Waals surface area (Å²) in [5.41, 5.74) is 1.38. The van der Waals surface area contributed by atoms with Crippen LogP contribution in [0.4, 0.5) is 4.79 Å². The van der Waals surface area contributed by atoms with Gasteiger partial charge in [0.05, 0.1) is 31.6 Å². The van der Waals surface area contributed by atoms with Gasteiger partial charge in [-0.3, -0.25) is 0 Å². The van der Waals surface area contributed by atoms with Gasteiger partial charge in [0.25, 0.3) is 0 Å². The van der Waals surface area contributed by atoms with Crippen LogP contribution in [0.3, 0.4) is 0 Å². The van der Waals surface area contributed by atoms with Crippen molar-refractivity contribution in [3.05, 3.63) is 35.9 Å². The average molecular weight is 425 g/mol. The van der Waals surface area contributed by atoms with Crippen molar-refractivity contribution in [2.24, 2.45) is 0 Å². The predicted octanol–water partition coefficient (Wildman–Crippen LogP) is 2.88. The standard InChI is InChI=1S/C21H32N2O5S/c1-3-29(25,26)22-19-13-14-23(21(24)27-2)20(19)15-28-18-11-9-17(10-12-18)16-7-5-4-6-8-16/h4-8,17-20,22H,3,9-15H2,1-2H3. The van der Waals surface area contributed by atoms with E-state index in [2.05, 4.69) is 29.0 Å². The molecule has 8 heteroatoms. The van der Waals surface area contributed by atoms with Crippen molar-refractivity contribution in [2.75, 3.05) is 26.0 Å². The van der Waals surface area contributed by atoms with Crippen molar-refractivity contribution in [2.45, 2.75) is 63.1 Å². The van der Waals surface area contributed by atoms with Gasteiger partial charge in [-0.15, -0.1) is 0 Å². The van der Waals surface area contributed by atoms with E-state index in [1.807, 2.05) is 6.07 Å². The van der Waals surface area contributed by atoms with E-state index >= 15 is 0 Å². The van der Waals surface area contributed by atoms with Crippen molar-refractivity contribution < 1.29 is 22.7 Å². The molecule has 0 spiro atoms. The normalized spacial score (nSPS) is 27.7. The van der Waals surface area contributed by atoms with Crippen LogP contribution in [-0.4, -0.2) is 63.6 Å². The van der Waals surface area contributed by atoms with E-state index in [1.165, 1.54) is 12.7 Å². The second-order valence-electron chi connectivity index (χ2n) is 7.86. The maximum atomic E-state index is 12.1. The molecular formula is C21H32N2O5S. The third-order valence-electron chi connectivity index (χ3n) is 6.11. The monoisotopic (exact) mass is 424 g/mol. The minimum atomic E-state index is -3.36. The molecule has 0 aromatic heterocycles. The highest BCUT2D eigenvalue weighted by Crippen LogP contribution is 2.34. The van der Waals surface area contributed by atoms with Gasteiger partial charge in [-0.1, -0.05) is 30.3 Å². The van der Waals surface area contributed by atoms with Crippen molar-refractivity contribution in [1.82, 2.24) is 9.62 Å². The topological polar surface area (TPSA) is 84.9 Å². The highest BCUT2D eigenvalue weighted by Gasteiger charge is 2.40. The molecule has 1 aromatic carbocycles. The number of carbonyl (C=O) groups excluding carboxylic acids is 1. The zero-order valence-electron chi connectivity index (χ0n) is 17.2. The van der Waals surface area contributed by atoms with Crippen LogP contribution < -0.4 is 4.72 Å². The number of methoxy groups -OCH3 is 1. The number of amides is 1. The van der Waals surface area contributed by atoms with Gasteiger partial charge in [-0.25, -0.2) is 17.9 Å². The van der Waals surface area contributed by atoms with Crippen LogP contribution in [0.2, 0.25) is 0 Å². The highest BCUT2D eigenvalue weighted by atomic mass is 32.2. The molecule has 29 heavy (non-hydrogen) atoms. The molecule has 1 amide bonds. The van der Waals surface area contributed by atoms with Crippen LogP contribution in [0.25, 0.3) is 0 Å². The molecule has 2 fully saturated rings. The van der Waals surface area contributed by atoms with E-state index in [-0.39, 0.29) is 23.9 Å². The van der Waals surface area contributed by atoms with Crippen LogP contribution in [0.1, 0.15) is 50.5 Å². The summed E-state index contributed by atoms with van der Waals surface area (Å²) < 4.78 is 37.8. The van der Waals surface area contributed by atoms with Crippen LogP contribution >= 0.6 is 0 Å². The summed E-state index contributed by atoms with van der Waals surface area (Å²) in [7, 11) is -2.02. The fourth-order valence-corrected chi connectivity index (χ4v) is 5.28. The molecule has 1 saturated heterocycles. The van der Waals surface area contributed by atoms with E-state index in [0.29, 0.717) is 25.5 Å². The molecule has 0 bridgehead atoms. The fourth-order valence-electron chi connectivity index (χ4n) is 4.38. The molecule has 3 rings (SSSR count). The maximum absolute atomic E-state index is 12.1. The molecule has 2 unspecified atom stereocenters. The lowest BCUT2D eigenvalue weighted by Gasteiger charge is -2.32. The lowest BCUT2D eigenvalue weighted by atomic mass is 9.83. The first-order valence-corrected chi connectivity index (χ1v) is 12.1. The third kappa shape index (κ3) is 5.71. The van der Waals surface area contributed by atoms with Crippen LogP contribution in [-0.2, 0) is 19.5 Å². The Kier molecular flexibility index (Phi) is 7.54. The molecule has 1 aliphatic carbocycles. The minimum absolute atomic E-state index is 0.0127. The first kappa shape index (κ1) is 22.1. The van der Waals surface area contributed by atoms with Crippen molar-refractivity contribution >= 4 is 16.1 Å². The maximum Gasteiger partial charge on any atom is 0.409 e. The van der Waals surface area contributed by atoms with Crippen molar-refractivity contribution in [3.63, 3.8) is 0 Å². The van der Waals surface area contributed by atoms with E-state index in [0.717, 1.165) is 25.7 Å². The van der Waals surface area contributed by atoms with E-state index in [4.69, 9.17) is 9.47 Å². The number of rotatable bonds is 7. The number of hydrogen-bond acceptors (Lipinski definition) is 5. The number of nitrogens with one attached hydrogen (secondary N) is 1. The van der Waals surface area contributed by atoms with Gasteiger partial charge >= 0.3 is 6.09 Å². The second kappa shape index (κ2) is 9.91. The van der Waals surface area contributed by atoms with Crippen LogP contribution in [0.15, 0.2) is 30.3 Å². The molecule has 0 radical (unpaired) electrons. The highest BCUT2D eigenvalue weighted by molar-refractivity contribution is 7.89. The van der Waals surface area contributed by atoms with E-state index in [9.17, 15) is 13.2 Å². The largest absolute Gasteiger partial charge is 0.453 e. The summed E-state index contributed by atoms with van der Waals surface area (Å²) in [6.45, 7) is 2.37. The van der Waals surface area contributed by atoms with Gasteiger partial charge in [0, 0.05) is 12.6 Å². The predicted molar refractivity (Wildman–Crippen MR) is 111 cm³/mol. The SMILES string of the molecule is CCS(=O)(=O)NC1CCN(C(=O)OC)C1COC1CCC(c2ccccc2)CC1. The number of likely N-dealkylation sites (tertiary alicyclic amines) is 1. The summed E-state index contributed by atoms with van der Waals surface area (Å²) in [5.74, 6) is 0.580. The molecule has 7 nitrogen and oxygen atoms in total. The Bertz CT molecular complexity index is 763. The molecule has 1 N–H and O–H groups in total. The molecule has 1 heterocycles. The lowest BCUT2D eigenvalue weighted by Crippen LogP contribution is -2.50. The molecule has 1 saturated carbocycles. The Morgan fingerprint density at radius 1 is 1.14 bits per heavy atom. The number of carbonyl (C=O) groups is 1. The van der Waals surface area contributed by atoms with Gasteiger partial charge in [-0.05, 0) is 50.5 Å². The third-order valence-corrected chi connectivity index (χ3v) is 7.54. The summed E-state index contributed by atoms with van der Waals surface area (Å²) in [5, 5.41) is 0. The molecule has 1 aromatic rings. The Morgan fingerprint density at radius 3 is 2.45 bits per heavy atom. The van der Waals surface area contributed by atoms with Gasteiger partial charge in [0.2, 0.25) is 10.0 Å². The molecule has 2 atom stereocenters. The van der Waals surface area contributed by atoms with E-state index < -0.39 is 16.1 Å². The number of benzene rings is 1. The van der Waals surface area contributed by atoms with Crippen molar-refractivity contribution in [3.8, 4) is 0 Å². The quantitative estimate of drug-likeness (QED) is 0.728. The fraction of sp³-hybridized carbons (Fsp3) is 0.667. The van der Waals surface area contributed by atoms with E-state index in [1.54, 1.807) is 11.8 Å². The number of sulfonamides is 1. The summed E-state index contributed by atoms with van der Waals surface area (Å²) in [6, 6.07) is 9.87. The summed E-state index contributed by atoms with van der Waals surface area (Å²) in [6.07, 6.45) is 4.34. The minimum Gasteiger partial charge on any atom is -0.453 e. The average Bonchev–Trinajstić information content (AvgIpc) is 3.14. The zero-order chi connectivity index (χ0) is 20.9. The summed E-state index contributed by atoms with van der Waals surface area (Å²) in [4.78, 5) is 13.7. The number of hydrogen-bond donors (Lipinski definition) is 1. The number of ether oxygens (including phenoxy) is 2. The Morgan fingerprint density at radius 2 is 1.83 bits per heavy atom. The Hall–Kier alpha value is -1.64. The van der Waals surface area contributed by atoms with Gasteiger partial charge in [0.1, 0.15) is 0 Å². The summed E-state index contributed by atoms with van der Waals surface area (Å²) >= 11 is 0. The lowest BCUT2D eigenvalue weighted by molar-refractivity contribution is -0.00535. The Labute approximate surface area is 173 Å². The van der Waals surface area contributed by atoms with Crippen LogP contribution in [0.5, 0.6) is 0 Å². The van der Waals surface area contributed by atoms with Gasteiger partial charge < -0.3 is 14.4 Å². The first-order chi connectivity index (χ1) is 13.9. The molecule has 1 aliphatic heterocycles. The zero-order valence-corrected chi connectivity index (χ0v) is 18.1. The van der Waals surface area contributed by atoms with Crippen LogP contribution in [0, 0.1) is 0 Å². The Balaban J connectivity index is 1.56. The first-order valence-electron chi connectivity index (χ1n) is 10.4. The molecule has 2 aliphatic rings. The number of nitrogens with zero attached hydrogens (tertiary/aromatic N) is 1. The smallest absolute Gasteiger partial charge is 0.409 e. The second-order valence-corrected chi connectivity index (χ2v) is 9.91. The molecule has 162 valence electrons. The van der Waals surface area contributed by atoms with Gasteiger partial charge in [-0.2, -0.15) is 0 Å². The van der Waals surface area contributed by atoms with Gasteiger partial charge in [0.15, 0.2) is 0 Å².